The molecule has 0 bridgehead atoms. The molecule has 0 radical (unpaired) electrons. The van der Waals surface area contributed by atoms with E-state index in [1.165, 1.54) is 0 Å². The number of hydrogen-bond acceptors (Lipinski definition) is 3. The normalized spacial score (nSPS) is 38.8. The van der Waals surface area contributed by atoms with Gasteiger partial charge < -0.3 is 5.32 Å². The maximum Gasteiger partial charge on any atom is 0.213 e. The van der Waals surface area contributed by atoms with Crippen molar-refractivity contribution in [3.8, 4) is 0 Å². The molecule has 66 valence electrons. The summed E-state index contributed by atoms with van der Waals surface area (Å²) < 4.78 is 0. The predicted molar refractivity (Wildman–Crippen MR) is 44.2 cm³/mol. The molecule has 3 unspecified atom stereocenters. The van der Waals surface area contributed by atoms with Gasteiger partial charge in [0, 0.05) is 29.7 Å². The van der Waals surface area contributed by atoms with Gasteiger partial charge in [-0.2, -0.15) is 0 Å². The van der Waals surface area contributed by atoms with E-state index in [0.29, 0.717) is 18.4 Å². The molecule has 0 aromatic carbocycles. The third kappa shape index (κ3) is 1.17. The summed E-state index contributed by atoms with van der Waals surface area (Å²) in [6, 6.07) is 0.164. The first-order chi connectivity index (χ1) is 5.77. The maximum absolute atomic E-state index is 10.5. The van der Waals surface area contributed by atoms with E-state index in [9.17, 15) is 10.1 Å². The number of hydrogen-bond donors (Lipinski definition) is 1. The highest BCUT2D eigenvalue weighted by molar-refractivity contribution is 5.05. The lowest BCUT2D eigenvalue weighted by atomic mass is 9.83. The number of nitrogens with zero attached hydrogens (tertiary/aromatic N) is 1. The molecule has 0 aromatic rings. The Morgan fingerprint density at radius 2 is 2.33 bits per heavy atom. The van der Waals surface area contributed by atoms with Gasteiger partial charge in [0.1, 0.15) is 0 Å². The first-order valence-corrected chi connectivity index (χ1v) is 4.33. The van der Waals surface area contributed by atoms with Crippen molar-refractivity contribution in [3.05, 3.63) is 22.4 Å². The molecule has 1 aliphatic heterocycles. The molecular weight excluding hydrogens is 156 g/mol. The molecule has 0 aromatic heterocycles. The Hall–Kier alpha value is -1.06. The number of nitrogens with one attached hydrogen (secondary N) is 1. The second-order valence-corrected chi connectivity index (χ2v) is 3.55. The summed E-state index contributed by atoms with van der Waals surface area (Å²) in [6.07, 6.45) is 6.35. The Morgan fingerprint density at radius 1 is 1.50 bits per heavy atom. The molecule has 3 atom stereocenters. The Kier molecular flexibility index (Phi) is 1.75. The average Bonchev–Trinajstić information content (AvgIpc) is 2.49. The van der Waals surface area contributed by atoms with Gasteiger partial charge in [-0.05, 0) is 12.6 Å². The lowest BCUT2D eigenvalue weighted by Gasteiger charge is -2.26. The van der Waals surface area contributed by atoms with Crippen molar-refractivity contribution in [2.24, 2.45) is 5.92 Å². The number of fused-ring (bicyclic) bond motifs is 1. The molecule has 0 spiro atoms. The van der Waals surface area contributed by atoms with Crippen LogP contribution in [0.5, 0.6) is 0 Å². The van der Waals surface area contributed by atoms with Gasteiger partial charge in [0.25, 0.3) is 0 Å². The monoisotopic (exact) mass is 168 g/mol. The summed E-state index contributed by atoms with van der Waals surface area (Å²) in [5.41, 5.74) is 0. The smallest absolute Gasteiger partial charge is 0.213 e. The summed E-state index contributed by atoms with van der Waals surface area (Å²) in [7, 11) is 0. The van der Waals surface area contributed by atoms with Crippen molar-refractivity contribution in [1.29, 1.82) is 0 Å². The van der Waals surface area contributed by atoms with Gasteiger partial charge >= 0.3 is 0 Å². The molecule has 4 nitrogen and oxygen atoms in total. The van der Waals surface area contributed by atoms with Crippen molar-refractivity contribution in [3.63, 3.8) is 0 Å². The van der Waals surface area contributed by atoms with E-state index in [0.717, 1.165) is 12.8 Å². The van der Waals surface area contributed by atoms with Gasteiger partial charge in [-0.3, -0.25) is 10.1 Å². The third-order valence-corrected chi connectivity index (χ3v) is 2.82. The van der Waals surface area contributed by atoms with Crippen LogP contribution in [0.3, 0.4) is 0 Å². The van der Waals surface area contributed by atoms with Crippen molar-refractivity contribution < 1.29 is 4.92 Å². The summed E-state index contributed by atoms with van der Waals surface area (Å²) in [5, 5.41) is 13.7. The SMILES string of the molecule is O=[N+]([O-])C1CCC2NC=CC2C1. The third-order valence-electron chi connectivity index (χ3n) is 2.82. The van der Waals surface area contributed by atoms with Crippen molar-refractivity contribution in [2.75, 3.05) is 0 Å². The molecule has 1 N–H and O–H groups in total. The first-order valence-electron chi connectivity index (χ1n) is 4.33. The van der Waals surface area contributed by atoms with E-state index in [4.69, 9.17) is 0 Å². The second kappa shape index (κ2) is 2.77. The van der Waals surface area contributed by atoms with Gasteiger partial charge in [-0.15, -0.1) is 0 Å². The van der Waals surface area contributed by atoms with Crippen LogP contribution in [0.4, 0.5) is 0 Å². The largest absolute Gasteiger partial charge is 0.388 e. The van der Waals surface area contributed by atoms with E-state index >= 15 is 0 Å². The maximum atomic E-state index is 10.5. The van der Waals surface area contributed by atoms with E-state index in [2.05, 4.69) is 11.4 Å². The van der Waals surface area contributed by atoms with Crippen LogP contribution in [0.1, 0.15) is 19.3 Å². The van der Waals surface area contributed by atoms with Crippen LogP contribution >= 0.6 is 0 Å². The zero-order valence-corrected chi connectivity index (χ0v) is 6.77. The standard InChI is InChI=1S/C8H12N2O2/c11-10(12)7-1-2-8-6(5-7)3-4-9-8/h3-4,6-9H,1-2,5H2. The molecule has 12 heavy (non-hydrogen) atoms. The number of rotatable bonds is 1. The van der Waals surface area contributed by atoms with Crippen LogP contribution in [0.25, 0.3) is 0 Å². The molecular formula is C8H12N2O2. The molecule has 1 heterocycles. The Labute approximate surface area is 70.8 Å². The molecule has 2 aliphatic rings. The molecule has 0 saturated heterocycles. The van der Waals surface area contributed by atoms with Crippen molar-refractivity contribution in [2.45, 2.75) is 31.3 Å². The summed E-state index contributed by atoms with van der Waals surface area (Å²) in [6.45, 7) is 0. The average molecular weight is 168 g/mol. The predicted octanol–water partition coefficient (Wildman–Crippen LogP) is 0.917. The van der Waals surface area contributed by atoms with Crippen LogP contribution in [-0.2, 0) is 0 Å². The highest BCUT2D eigenvalue weighted by atomic mass is 16.6. The van der Waals surface area contributed by atoms with Gasteiger partial charge in [-0.25, -0.2) is 0 Å². The second-order valence-electron chi connectivity index (χ2n) is 3.55. The van der Waals surface area contributed by atoms with Crippen LogP contribution in [0, 0.1) is 16.0 Å². The van der Waals surface area contributed by atoms with Crippen LogP contribution < -0.4 is 5.32 Å². The van der Waals surface area contributed by atoms with Gasteiger partial charge in [0.2, 0.25) is 6.04 Å². The van der Waals surface area contributed by atoms with E-state index in [1.807, 2.05) is 6.20 Å². The molecule has 4 heteroatoms. The zero-order chi connectivity index (χ0) is 8.55. The summed E-state index contributed by atoms with van der Waals surface area (Å²) in [4.78, 5) is 10.4. The fourth-order valence-electron chi connectivity index (χ4n) is 2.10. The van der Waals surface area contributed by atoms with Gasteiger partial charge in [0.15, 0.2) is 0 Å². The first kappa shape index (κ1) is 7.58. The molecule has 1 fully saturated rings. The minimum absolute atomic E-state index is 0.137. The Morgan fingerprint density at radius 3 is 3.08 bits per heavy atom. The highest BCUT2D eigenvalue weighted by Gasteiger charge is 2.36. The van der Waals surface area contributed by atoms with E-state index < -0.39 is 0 Å². The quantitative estimate of drug-likeness (QED) is 0.468. The van der Waals surface area contributed by atoms with E-state index in [-0.39, 0.29) is 11.0 Å². The highest BCUT2D eigenvalue weighted by Crippen LogP contribution is 2.29. The van der Waals surface area contributed by atoms with Gasteiger partial charge in [0.05, 0.1) is 0 Å². The summed E-state index contributed by atoms with van der Waals surface area (Å²) in [5.74, 6) is 0.397. The zero-order valence-electron chi connectivity index (χ0n) is 6.77. The molecule has 2 rings (SSSR count). The van der Waals surface area contributed by atoms with E-state index in [1.54, 1.807) is 0 Å². The van der Waals surface area contributed by atoms with Crippen LogP contribution in [0.2, 0.25) is 0 Å². The molecule has 1 saturated carbocycles. The lowest BCUT2D eigenvalue weighted by Crippen LogP contribution is -2.37. The molecule has 0 amide bonds. The Balaban J connectivity index is 2.00. The lowest BCUT2D eigenvalue weighted by molar-refractivity contribution is -0.527. The minimum atomic E-state index is -0.309. The fraction of sp³-hybridized carbons (Fsp3) is 0.750. The van der Waals surface area contributed by atoms with Crippen molar-refractivity contribution in [1.82, 2.24) is 5.32 Å². The van der Waals surface area contributed by atoms with Crippen LogP contribution in [-0.4, -0.2) is 17.0 Å². The van der Waals surface area contributed by atoms with Crippen molar-refractivity contribution >= 4 is 0 Å². The topological polar surface area (TPSA) is 55.2 Å². The Bertz CT molecular complexity index is 227. The summed E-state index contributed by atoms with van der Waals surface area (Å²) >= 11 is 0. The minimum Gasteiger partial charge on any atom is -0.388 e. The van der Waals surface area contributed by atoms with Crippen LogP contribution in [0.15, 0.2) is 12.3 Å². The molecule has 1 aliphatic carbocycles. The number of nitro groups is 1. The fourth-order valence-corrected chi connectivity index (χ4v) is 2.10. The van der Waals surface area contributed by atoms with Gasteiger partial charge in [-0.1, -0.05) is 6.08 Å².